The van der Waals surface area contributed by atoms with E-state index in [1.807, 2.05) is 0 Å². The maximum absolute atomic E-state index is 5.73. The fourth-order valence-electron chi connectivity index (χ4n) is 5.37. The average molecular weight is 456 g/mol. The molecule has 0 unspecified atom stereocenters. The Hall–Kier alpha value is -3.67. The second-order valence-corrected chi connectivity index (χ2v) is 11.6. The molecule has 1 aliphatic rings. The number of fused-ring (bicyclic) bond motifs is 4. The molecule has 34 heavy (non-hydrogen) atoms. The van der Waals surface area contributed by atoms with Crippen molar-refractivity contribution in [1.29, 1.82) is 0 Å². The molecule has 0 spiro atoms. The fourth-order valence-corrected chi connectivity index (χ4v) is 9.11. The van der Waals surface area contributed by atoms with Crippen LogP contribution in [0.5, 0.6) is 0 Å². The molecule has 0 bridgehead atoms. The van der Waals surface area contributed by atoms with E-state index in [0.29, 0.717) is 0 Å². The SMILES string of the molecule is C/C=c1/ccc2c(/c1=C/C)=c1c(ccc3ccccc13)=P(c1ccccc1)(c1ccccc1)N=2. The van der Waals surface area contributed by atoms with Crippen molar-refractivity contribution in [2.45, 2.75) is 13.8 Å². The maximum atomic E-state index is 5.73. The summed E-state index contributed by atoms with van der Waals surface area (Å²) in [5, 5.41) is 11.3. The number of hydrogen-bond donors (Lipinski definition) is 0. The van der Waals surface area contributed by atoms with Crippen molar-refractivity contribution in [3.8, 4) is 0 Å². The van der Waals surface area contributed by atoms with Crippen LogP contribution in [0.2, 0.25) is 0 Å². The molecule has 0 atom stereocenters. The minimum absolute atomic E-state index is 1.09. The minimum Gasteiger partial charge on any atom is -0.253 e. The zero-order valence-electron chi connectivity index (χ0n) is 19.4. The van der Waals surface area contributed by atoms with Gasteiger partial charge in [0.1, 0.15) is 0 Å². The van der Waals surface area contributed by atoms with Crippen LogP contribution in [0.4, 0.5) is 0 Å². The van der Waals surface area contributed by atoms with E-state index in [-0.39, 0.29) is 0 Å². The summed E-state index contributed by atoms with van der Waals surface area (Å²) in [6.45, 7) is 4.25. The Labute approximate surface area is 199 Å². The number of hydrogen-bond acceptors (Lipinski definition) is 1. The zero-order chi connectivity index (χ0) is 23.1. The Balaban J connectivity index is 2.12. The lowest BCUT2D eigenvalue weighted by Gasteiger charge is -2.26. The van der Waals surface area contributed by atoms with Gasteiger partial charge in [-0.15, -0.1) is 0 Å². The fraction of sp³-hybridized carbons (Fsp3) is 0.0625. The van der Waals surface area contributed by atoms with Crippen LogP contribution < -0.4 is 26.4 Å². The molecule has 0 radical (unpaired) electrons. The van der Waals surface area contributed by atoms with E-state index in [2.05, 4.69) is 135 Å². The summed E-state index contributed by atoms with van der Waals surface area (Å²) < 4.78 is 5.73. The Morgan fingerprint density at radius 2 is 1.24 bits per heavy atom. The highest BCUT2D eigenvalue weighted by Crippen LogP contribution is 2.51. The second kappa shape index (κ2) is 8.28. The van der Waals surface area contributed by atoms with E-state index < -0.39 is 7.04 Å². The van der Waals surface area contributed by atoms with Crippen molar-refractivity contribution in [2.24, 2.45) is 4.76 Å². The Morgan fingerprint density at radius 3 is 1.88 bits per heavy atom. The Kier molecular flexibility index (Phi) is 5.09. The molecule has 0 saturated heterocycles. The number of rotatable bonds is 2. The molecule has 0 aromatic heterocycles. The molecule has 0 aliphatic carbocycles. The van der Waals surface area contributed by atoms with Gasteiger partial charge in [0.25, 0.3) is 0 Å². The number of benzene rings is 5. The largest absolute Gasteiger partial charge is 0.253 e. The zero-order valence-corrected chi connectivity index (χ0v) is 20.3. The van der Waals surface area contributed by atoms with Crippen LogP contribution in [0.3, 0.4) is 0 Å². The summed E-state index contributed by atoms with van der Waals surface area (Å²) in [4.78, 5) is 1.34. The smallest absolute Gasteiger partial charge is 0.0710 e. The first-order chi connectivity index (χ1) is 16.8. The molecule has 0 amide bonds. The van der Waals surface area contributed by atoms with E-state index >= 15 is 0 Å². The minimum atomic E-state index is -2.27. The van der Waals surface area contributed by atoms with Crippen LogP contribution in [0, 0.1) is 15.4 Å². The predicted molar refractivity (Wildman–Crippen MR) is 147 cm³/mol. The van der Waals surface area contributed by atoms with Crippen molar-refractivity contribution in [1.82, 2.24) is 0 Å². The third kappa shape index (κ3) is 2.98. The van der Waals surface area contributed by atoms with E-state index in [1.165, 1.54) is 47.2 Å². The summed E-state index contributed by atoms with van der Waals surface area (Å²) >= 11 is 0. The highest BCUT2D eigenvalue weighted by atomic mass is 31.2. The molecule has 6 rings (SSSR count). The van der Waals surface area contributed by atoms with Crippen LogP contribution in [0.1, 0.15) is 13.8 Å². The van der Waals surface area contributed by atoms with Gasteiger partial charge in [-0.3, -0.25) is 4.76 Å². The van der Waals surface area contributed by atoms with Gasteiger partial charge in [-0.05, 0) is 41.1 Å². The van der Waals surface area contributed by atoms with Gasteiger partial charge in [0.05, 0.1) is 12.4 Å². The van der Waals surface area contributed by atoms with Gasteiger partial charge in [-0.1, -0.05) is 115 Å². The lowest BCUT2D eigenvalue weighted by molar-refractivity contribution is 1.28. The van der Waals surface area contributed by atoms with E-state index in [1.54, 1.807) is 0 Å². The molecule has 1 nitrogen and oxygen atoms in total. The van der Waals surface area contributed by atoms with Crippen LogP contribution in [-0.2, 0) is 0 Å². The van der Waals surface area contributed by atoms with Crippen LogP contribution >= 0.6 is 7.04 Å². The van der Waals surface area contributed by atoms with Gasteiger partial charge in [-0.2, -0.15) is 0 Å². The van der Waals surface area contributed by atoms with Gasteiger partial charge in [0, 0.05) is 26.0 Å². The third-order valence-corrected chi connectivity index (χ3v) is 10.6. The normalized spacial score (nSPS) is 15.0. The molecule has 0 saturated carbocycles. The lowest BCUT2D eigenvalue weighted by Crippen LogP contribution is -2.33. The molecular formula is C32H26NP. The van der Waals surface area contributed by atoms with E-state index in [4.69, 9.17) is 4.76 Å². The molecule has 2 heteroatoms. The molecule has 1 heterocycles. The molecule has 5 aromatic rings. The highest BCUT2D eigenvalue weighted by Gasteiger charge is 2.26. The van der Waals surface area contributed by atoms with E-state index in [0.717, 1.165) is 5.36 Å². The average Bonchev–Trinajstić information content (AvgIpc) is 2.92. The van der Waals surface area contributed by atoms with Gasteiger partial charge >= 0.3 is 0 Å². The summed E-state index contributed by atoms with van der Waals surface area (Å²) in [6, 6.07) is 39.7. The van der Waals surface area contributed by atoms with Crippen molar-refractivity contribution < 1.29 is 0 Å². The first-order valence-electron chi connectivity index (χ1n) is 11.8. The van der Waals surface area contributed by atoms with Gasteiger partial charge in [0.2, 0.25) is 0 Å². The summed E-state index contributed by atoms with van der Waals surface area (Å²) in [7, 11) is -2.27. The van der Waals surface area contributed by atoms with Crippen LogP contribution in [0.15, 0.2) is 114 Å². The van der Waals surface area contributed by atoms with Crippen molar-refractivity contribution in [3.05, 3.63) is 140 Å². The first-order valence-corrected chi connectivity index (χ1v) is 13.5. The molecule has 0 N–H and O–H groups in total. The summed E-state index contributed by atoms with van der Waals surface area (Å²) in [5.74, 6) is 0. The maximum Gasteiger partial charge on any atom is 0.0710 e. The molecule has 164 valence electrons. The first kappa shape index (κ1) is 20.9. The molecular weight excluding hydrogens is 429 g/mol. The quantitative estimate of drug-likeness (QED) is 0.325. The molecule has 0 fully saturated rings. The lowest BCUT2D eigenvalue weighted by atomic mass is 10.0. The Morgan fingerprint density at radius 1 is 0.588 bits per heavy atom. The van der Waals surface area contributed by atoms with Gasteiger partial charge in [0.15, 0.2) is 0 Å². The monoisotopic (exact) mass is 455 g/mol. The van der Waals surface area contributed by atoms with Crippen LogP contribution in [0.25, 0.3) is 22.9 Å². The summed E-state index contributed by atoms with van der Waals surface area (Å²) in [5.41, 5.74) is 0. The Bertz CT molecular complexity index is 1880. The summed E-state index contributed by atoms with van der Waals surface area (Å²) in [6.07, 6.45) is 4.44. The topological polar surface area (TPSA) is 12.4 Å². The predicted octanol–water partition coefficient (Wildman–Crippen LogP) is 5.20. The van der Waals surface area contributed by atoms with Gasteiger partial charge in [-0.25, -0.2) is 0 Å². The van der Waals surface area contributed by atoms with Crippen molar-refractivity contribution in [2.75, 3.05) is 0 Å². The number of nitrogens with zero attached hydrogens (tertiary/aromatic N) is 1. The molecule has 5 aromatic carbocycles. The van der Waals surface area contributed by atoms with Crippen LogP contribution in [-0.4, -0.2) is 0 Å². The standard InChI is InChI=1S/C32H26NP/c1-3-23-19-21-29-31(27(23)4-2)32-28-18-12-11-13-24(28)20-22-30(32)34(33-29,25-14-7-5-8-15-25)26-16-9-6-10-17-26/h3-22H,1-2H3/b23-3-,27-4+. The van der Waals surface area contributed by atoms with E-state index in [9.17, 15) is 0 Å². The van der Waals surface area contributed by atoms with Crippen molar-refractivity contribution in [3.63, 3.8) is 0 Å². The highest BCUT2D eigenvalue weighted by molar-refractivity contribution is 7.81. The van der Waals surface area contributed by atoms with Crippen molar-refractivity contribution >= 4 is 40.6 Å². The second-order valence-electron chi connectivity index (χ2n) is 8.63. The third-order valence-electron chi connectivity index (χ3n) is 6.88. The van der Waals surface area contributed by atoms with Gasteiger partial charge < -0.3 is 0 Å². The molecule has 1 aliphatic heterocycles.